The molecule has 1 unspecified atom stereocenters. The molecule has 3 aliphatic heterocycles. The van der Waals surface area contributed by atoms with E-state index in [0.717, 1.165) is 35.8 Å². The van der Waals surface area contributed by atoms with Crippen LogP contribution in [0.5, 0.6) is 5.75 Å². The fourth-order valence-corrected chi connectivity index (χ4v) is 5.35. The lowest BCUT2D eigenvalue weighted by Crippen LogP contribution is -2.54. The van der Waals surface area contributed by atoms with Crippen molar-refractivity contribution < 1.29 is 23.9 Å². The van der Waals surface area contributed by atoms with E-state index < -0.39 is 29.7 Å². The van der Waals surface area contributed by atoms with Crippen molar-refractivity contribution in [3.63, 3.8) is 0 Å². The summed E-state index contributed by atoms with van der Waals surface area (Å²) >= 11 is 0. The van der Waals surface area contributed by atoms with Crippen molar-refractivity contribution >= 4 is 35.0 Å². The van der Waals surface area contributed by atoms with Gasteiger partial charge >= 0.3 is 0 Å². The molecule has 10 nitrogen and oxygen atoms in total. The Morgan fingerprint density at radius 1 is 0.900 bits per heavy atom. The smallest absolute Gasteiger partial charge is 0.264 e. The van der Waals surface area contributed by atoms with Gasteiger partial charge in [0.15, 0.2) is 0 Å². The Morgan fingerprint density at radius 3 is 2.35 bits per heavy atom. The van der Waals surface area contributed by atoms with Crippen molar-refractivity contribution in [1.29, 1.82) is 0 Å². The third-order valence-corrected chi connectivity index (χ3v) is 7.49. The number of carbonyl (C=O) groups excluding carboxylic acids is 4. The number of piperidine rings is 1. The van der Waals surface area contributed by atoms with E-state index in [1.54, 1.807) is 18.2 Å². The normalized spacial score (nSPS) is 19.3. The molecular formula is C30H29N5O5. The van der Waals surface area contributed by atoms with Crippen LogP contribution in [0.2, 0.25) is 0 Å². The van der Waals surface area contributed by atoms with Crippen molar-refractivity contribution in [1.82, 2.24) is 15.1 Å². The van der Waals surface area contributed by atoms with Gasteiger partial charge in [-0.05, 0) is 53.9 Å². The molecule has 0 aliphatic carbocycles. The summed E-state index contributed by atoms with van der Waals surface area (Å²) in [6.07, 6.45) is 0.375. The maximum atomic E-state index is 13.3. The number of hydrogen-bond donors (Lipinski definition) is 3. The predicted octanol–water partition coefficient (Wildman–Crippen LogP) is 2.55. The minimum absolute atomic E-state index is 0.0840. The van der Waals surface area contributed by atoms with Crippen LogP contribution in [-0.2, 0) is 22.7 Å². The quantitative estimate of drug-likeness (QED) is 0.294. The molecule has 4 N–H and O–H groups in total. The summed E-state index contributed by atoms with van der Waals surface area (Å²) in [7, 11) is 0. The van der Waals surface area contributed by atoms with Gasteiger partial charge < -0.3 is 15.8 Å². The van der Waals surface area contributed by atoms with Crippen molar-refractivity contribution in [3.8, 4) is 5.75 Å². The van der Waals surface area contributed by atoms with Gasteiger partial charge in [-0.3, -0.25) is 34.3 Å². The number of benzene rings is 3. The molecule has 2 saturated heterocycles. The summed E-state index contributed by atoms with van der Waals surface area (Å²) in [5.74, 6) is -1.24. The van der Waals surface area contributed by atoms with Crippen LogP contribution in [0.15, 0.2) is 66.7 Å². The third-order valence-electron chi connectivity index (χ3n) is 7.49. The minimum Gasteiger partial charge on any atom is -0.488 e. The van der Waals surface area contributed by atoms with Gasteiger partial charge in [-0.1, -0.05) is 30.3 Å². The number of nitrogens with two attached hydrogens (primary N) is 1. The molecule has 0 aromatic heterocycles. The second kappa shape index (κ2) is 10.5. The monoisotopic (exact) mass is 539 g/mol. The van der Waals surface area contributed by atoms with Gasteiger partial charge in [0.05, 0.1) is 11.1 Å². The summed E-state index contributed by atoms with van der Waals surface area (Å²) in [5.41, 5.74) is 9.69. The zero-order chi connectivity index (χ0) is 27.8. The van der Waals surface area contributed by atoms with E-state index in [1.807, 2.05) is 36.4 Å². The maximum Gasteiger partial charge on any atom is 0.264 e. The van der Waals surface area contributed by atoms with Crippen LogP contribution in [0.3, 0.4) is 0 Å². The Labute approximate surface area is 231 Å². The lowest BCUT2D eigenvalue weighted by molar-refractivity contribution is -0.136. The zero-order valence-corrected chi connectivity index (χ0v) is 21.8. The van der Waals surface area contributed by atoms with E-state index in [9.17, 15) is 19.2 Å². The van der Waals surface area contributed by atoms with Crippen LogP contribution >= 0.6 is 0 Å². The number of ether oxygens (including phenoxy) is 1. The first kappa shape index (κ1) is 25.6. The molecule has 1 atom stereocenters. The van der Waals surface area contributed by atoms with Crippen LogP contribution in [0.1, 0.15) is 44.7 Å². The molecule has 0 radical (unpaired) electrons. The number of rotatable bonds is 8. The van der Waals surface area contributed by atoms with Crippen LogP contribution < -0.4 is 21.1 Å². The molecule has 2 fully saturated rings. The summed E-state index contributed by atoms with van der Waals surface area (Å²) in [5, 5.41) is 5.50. The van der Waals surface area contributed by atoms with Crippen molar-refractivity contribution in [3.05, 3.63) is 89.0 Å². The Hall–Kier alpha value is -4.70. The maximum absolute atomic E-state index is 13.3. The molecule has 204 valence electrons. The molecule has 0 saturated carbocycles. The number of carbonyl (C=O) groups is 4. The van der Waals surface area contributed by atoms with Gasteiger partial charge in [0.2, 0.25) is 11.8 Å². The van der Waals surface area contributed by atoms with Crippen molar-refractivity contribution in [2.24, 2.45) is 0 Å². The molecule has 3 aromatic rings. The molecule has 0 bridgehead atoms. The topological polar surface area (TPSA) is 134 Å². The molecule has 3 aliphatic rings. The Kier molecular flexibility index (Phi) is 6.69. The highest BCUT2D eigenvalue weighted by molar-refractivity contribution is 6.25. The lowest BCUT2D eigenvalue weighted by atomic mass is 10.0. The number of fused-ring (bicyclic) bond motifs is 1. The largest absolute Gasteiger partial charge is 0.488 e. The van der Waals surface area contributed by atoms with Gasteiger partial charge in [0, 0.05) is 44.0 Å². The molecular weight excluding hydrogens is 510 g/mol. The molecule has 6 rings (SSSR count). The van der Waals surface area contributed by atoms with Crippen LogP contribution in [-0.4, -0.2) is 58.7 Å². The number of nitrogens with one attached hydrogen (secondary N) is 2. The van der Waals surface area contributed by atoms with E-state index in [1.165, 1.54) is 5.56 Å². The fourth-order valence-electron chi connectivity index (χ4n) is 5.35. The fraction of sp³-hybridized carbons (Fsp3) is 0.267. The Bertz CT molecular complexity index is 1480. The summed E-state index contributed by atoms with van der Waals surface area (Å²) < 4.78 is 5.98. The van der Waals surface area contributed by atoms with Gasteiger partial charge in [-0.25, -0.2) is 0 Å². The van der Waals surface area contributed by atoms with Gasteiger partial charge in [0.1, 0.15) is 17.9 Å². The van der Waals surface area contributed by atoms with Crippen molar-refractivity contribution in [2.45, 2.75) is 38.1 Å². The number of amides is 4. The van der Waals surface area contributed by atoms with E-state index in [2.05, 4.69) is 27.7 Å². The summed E-state index contributed by atoms with van der Waals surface area (Å²) in [4.78, 5) is 53.5. The first-order valence-electron chi connectivity index (χ1n) is 13.3. The molecule has 3 aromatic carbocycles. The number of nitrogens with zero attached hydrogens (tertiary/aromatic N) is 2. The molecule has 3 heterocycles. The standard InChI is InChI=1S/C30H29N5O5/c31-20-8-10-21(11-9-20)40-22-16-34(17-22)15-19-6-4-18(5-7-19)14-32-24-3-1-2-23-27(24)30(39)35(29(23)38)25-12-13-26(36)33-28(25)37/h1-11,22,25,32H,12-17,31H2,(H,33,36,37). The van der Waals surface area contributed by atoms with E-state index in [0.29, 0.717) is 17.9 Å². The van der Waals surface area contributed by atoms with Gasteiger partial charge in [-0.15, -0.1) is 0 Å². The second-order valence-electron chi connectivity index (χ2n) is 10.3. The first-order chi connectivity index (χ1) is 19.4. The molecule has 0 spiro atoms. The van der Waals surface area contributed by atoms with Crippen LogP contribution in [0.4, 0.5) is 11.4 Å². The SMILES string of the molecule is Nc1ccc(OC2CN(Cc3ccc(CNc4cccc5c4C(=O)N(C4CCC(=O)NC4=O)C5=O)cc3)C2)cc1. The second-order valence-corrected chi connectivity index (χ2v) is 10.3. The highest BCUT2D eigenvalue weighted by Crippen LogP contribution is 2.32. The summed E-state index contributed by atoms with van der Waals surface area (Å²) in [6.45, 7) is 3.00. The summed E-state index contributed by atoms with van der Waals surface area (Å²) in [6, 6.07) is 19.7. The van der Waals surface area contributed by atoms with Gasteiger partial charge in [0.25, 0.3) is 11.8 Å². The number of likely N-dealkylation sites (tertiary alicyclic amines) is 1. The van der Waals surface area contributed by atoms with E-state index in [-0.39, 0.29) is 30.1 Å². The Balaban J connectivity index is 1.04. The number of anilines is 2. The first-order valence-corrected chi connectivity index (χ1v) is 13.3. The lowest BCUT2D eigenvalue weighted by Gasteiger charge is -2.39. The van der Waals surface area contributed by atoms with E-state index in [4.69, 9.17) is 10.5 Å². The predicted molar refractivity (Wildman–Crippen MR) is 147 cm³/mol. The third kappa shape index (κ3) is 5.01. The zero-order valence-electron chi connectivity index (χ0n) is 21.8. The van der Waals surface area contributed by atoms with Gasteiger partial charge in [-0.2, -0.15) is 0 Å². The highest BCUT2D eigenvalue weighted by atomic mass is 16.5. The minimum atomic E-state index is -0.989. The Morgan fingerprint density at radius 2 is 1.62 bits per heavy atom. The van der Waals surface area contributed by atoms with Crippen molar-refractivity contribution in [2.75, 3.05) is 24.1 Å². The number of imide groups is 2. The average Bonchev–Trinajstić information content (AvgIpc) is 3.18. The van der Waals surface area contributed by atoms with Crippen LogP contribution in [0, 0.1) is 0 Å². The average molecular weight is 540 g/mol. The molecule has 10 heteroatoms. The number of hydrogen-bond acceptors (Lipinski definition) is 8. The van der Waals surface area contributed by atoms with Crippen LogP contribution in [0.25, 0.3) is 0 Å². The molecule has 40 heavy (non-hydrogen) atoms. The number of nitrogen functional groups attached to an aromatic ring is 1. The molecule has 4 amide bonds. The highest BCUT2D eigenvalue weighted by Gasteiger charge is 2.45. The van der Waals surface area contributed by atoms with E-state index >= 15 is 0 Å².